The smallest absolute Gasteiger partial charge is 0.280 e. The third-order valence-electron chi connectivity index (χ3n) is 1.42. The van der Waals surface area contributed by atoms with Crippen molar-refractivity contribution in [3.63, 3.8) is 0 Å². The second-order valence-electron chi connectivity index (χ2n) is 2.28. The lowest BCUT2D eigenvalue weighted by Crippen LogP contribution is -1.97. The first kappa shape index (κ1) is 10.5. The van der Waals surface area contributed by atoms with Crippen molar-refractivity contribution in [2.75, 3.05) is 0 Å². The molecule has 2 nitrogen and oxygen atoms in total. The maximum Gasteiger partial charge on any atom is 0.280 e. The Hall–Kier alpha value is -0.610. The Balaban J connectivity index is 3.25. The average molecular weight is 228 g/mol. The van der Waals surface area contributed by atoms with E-state index in [4.69, 9.17) is 28.3 Å². The summed E-state index contributed by atoms with van der Waals surface area (Å²) < 4.78 is 24.5. The Labute approximate surface area is 83.1 Å². The summed E-state index contributed by atoms with van der Waals surface area (Å²) in [5, 5.41) is 8.70. The van der Waals surface area contributed by atoms with Crippen LogP contribution in [0.2, 0.25) is 5.15 Å². The Morgan fingerprint density at radius 2 is 2.15 bits per heavy atom. The van der Waals surface area contributed by atoms with Gasteiger partial charge in [-0.3, -0.25) is 0 Å². The second-order valence-corrected chi connectivity index (χ2v) is 2.90. The Morgan fingerprint density at radius 1 is 1.54 bits per heavy atom. The number of hydrogen-bond acceptors (Lipinski definition) is 2. The van der Waals surface area contributed by atoms with Crippen molar-refractivity contribution < 1.29 is 13.9 Å². The highest BCUT2D eigenvalue weighted by atomic mass is 35.5. The zero-order valence-corrected chi connectivity index (χ0v) is 7.78. The molecule has 1 rings (SSSR count). The fourth-order valence-corrected chi connectivity index (χ4v) is 1.19. The average Bonchev–Trinajstić information content (AvgIpc) is 2.08. The van der Waals surface area contributed by atoms with E-state index >= 15 is 0 Å². The molecule has 1 aromatic heterocycles. The summed E-state index contributed by atoms with van der Waals surface area (Å²) in [6.07, 6.45) is -2.74. The minimum absolute atomic E-state index is 0.0820. The lowest BCUT2D eigenvalue weighted by atomic mass is 10.2. The van der Waals surface area contributed by atoms with Gasteiger partial charge in [-0.25, -0.2) is 13.8 Å². The molecule has 0 saturated heterocycles. The van der Waals surface area contributed by atoms with Crippen molar-refractivity contribution in [2.24, 2.45) is 0 Å². The Kier molecular flexibility index (Phi) is 3.27. The molecule has 1 heterocycles. The van der Waals surface area contributed by atoms with Crippen molar-refractivity contribution in [3.05, 3.63) is 22.5 Å². The lowest BCUT2D eigenvalue weighted by Gasteiger charge is -2.06. The van der Waals surface area contributed by atoms with Crippen LogP contribution in [0.25, 0.3) is 0 Å². The number of hydrogen-bond donors (Lipinski definition) is 1. The van der Waals surface area contributed by atoms with Gasteiger partial charge in [-0.15, -0.1) is 11.6 Å². The number of aromatic nitrogens is 1. The van der Waals surface area contributed by atoms with E-state index in [0.717, 1.165) is 6.07 Å². The van der Waals surface area contributed by atoms with Crippen LogP contribution < -0.4 is 0 Å². The van der Waals surface area contributed by atoms with E-state index in [1.54, 1.807) is 0 Å². The summed E-state index contributed by atoms with van der Waals surface area (Å²) in [5.74, 6) is -0.487. The van der Waals surface area contributed by atoms with Crippen LogP contribution in [-0.2, 0) is 5.88 Å². The molecule has 0 amide bonds. The zero-order valence-electron chi connectivity index (χ0n) is 6.27. The van der Waals surface area contributed by atoms with Crippen molar-refractivity contribution in [1.82, 2.24) is 4.98 Å². The molecule has 0 fully saturated rings. The van der Waals surface area contributed by atoms with Crippen LogP contribution >= 0.6 is 23.2 Å². The zero-order chi connectivity index (χ0) is 10.0. The van der Waals surface area contributed by atoms with E-state index in [9.17, 15) is 8.78 Å². The van der Waals surface area contributed by atoms with Crippen molar-refractivity contribution in [2.45, 2.75) is 12.3 Å². The highest BCUT2D eigenvalue weighted by Crippen LogP contribution is 2.29. The van der Waals surface area contributed by atoms with Crippen LogP contribution in [0.5, 0.6) is 5.75 Å². The molecule has 13 heavy (non-hydrogen) atoms. The largest absolute Gasteiger partial charge is 0.505 e. The first-order valence-corrected chi connectivity index (χ1v) is 4.20. The summed E-state index contributed by atoms with van der Waals surface area (Å²) in [7, 11) is 0. The van der Waals surface area contributed by atoms with Gasteiger partial charge in [-0.2, -0.15) is 0 Å². The standard InChI is InChI=1S/C7H5Cl2F2NO/c8-2-3-1-4(13)6(9)12-5(3)7(10)11/h1,7,13H,2H2. The van der Waals surface area contributed by atoms with Crippen LogP contribution in [0.4, 0.5) is 8.78 Å². The number of aromatic hydroxyl groups is 1. The molecule has 1 aromatic rings. The van der Waals surface area contributed by atoms with Gasteiger partial charge in [-0.1, -0.05) is 11.6 Å². The van der Waals surface area contributed by atoms with E-state index in [1.807, 2.05) is 0 Å². The molecule has 0 saturated carbocycles. The third-order valence-corrected chi connectivity index (χ3v) is 1.99. The van der Waals surface area contributed by atoms with Crippen LogP contribution in [0.1, 0.15) is 17.7 Å². The first-order valence-electron chi connectivity index (χ1n) is 3.28. The number of rotatable bonds is 2. The van der Waals surface area contributed by atoms with E-state index in [1.165, 1.54) is 0 Å². The van der Waals surface area contributed by atoms with Gasteiger partial charge in [0.1, 0.15) is 5.69 Å². The Bertz CT molecular complexity index is 320. The van der Waals surface area contributed by atoms with Crippen LogP contribution in [-0.4, -0.2) is 10.1 Å². The van der Waals surface area contributed by atoms with Crippen molar-refractivity contribution in [1.29, 1.82) is 0 Å². The summed E-state index contributed by atoms with van der Waals surface area (Å²) >= 11 is 10.7. The number of halogens is 4. The van der Waals surface area contributed by atoms with Gasteiger partial charge in [-0.05, 0) is 11.6 Å². The van der Waals surface area contributed by atoms with Crippen molar-refractivity contribution in [3.8, 4) is 5.75 Å². The molecule has 0 spiro atoms. The highest BCUT2D eigenvalue weighted by Gasteiger charge is 2.17. The molecular weight excluding hydrogens is 223 g/mol. The summed E-state index contributed by atoms with van der Waals surface area (Å²) in [6, 6.07) is 1.09. The molecule has 0 aliphatic carbocycles. The molecule has 0 aromatic carbocycles. The highest BCUT2D eigenvalue weighted by molar-refractivity contribution is 6.30. The number of pyridine rings is 1. The maximum atomic E-state index is 12.3. The fourth-order valence-electron chi connectivity index (χ4n) is 0.829. The molecule has 0 radical (unpaired) electrons. The summed E-state index contributed by atoms with van der Waals surface area (Å²) in [5.41, 5.74) is -0.406. The van der Waals surface area contributed by atoms with Crippen LogP contribution in [0.3, 0.4) is 0 Å². The summed E-state index contributed by atoms with van der Waals surface area (Å²) in [4.78, 5) is 3.32. The van der Waals surface area contributed by atoms with Crippen LogP contribution in [0.15, 0.2) is 6.07 Å². The van der Waals surface area contributed by atoms with Gasteiger partial charge in [0.05, 0.1) is 0 Å². The molecule has 0 atom stereocenters. The molecular formula is C7H5Cl2F2NO. The molecule has 0 aliphatic heterocycles. The molecule has 1 N–H and O–H groups in total. The van der Waals surface area contributed by atoms with Crippen LogP contribution in [0, 0.1) is 0 Å². The molecule has 6 heteroatoms. The SMILES string of the molecule is Oc1cc(CCl)c(C(F)F)nc1Cl. The van der Waals surface area contributed by atoms with Gasteiger partial charge < -0.3 is 5.11 Å². The normalized spacial score (nSPS) is 10.8. The monoisotopic (exact) mass is 227 g/mol. The van der Waals surface area contributed by atoms with Crippen molar-refractivity contribution >= 4 is 23.2 Å². The van der Waals surface area contributed by atoms with E-state index in [-0.39, 0.29) is 22.3 Å². The third kappa shape index (κ3) is 2.19. The van der Waals surface area contributed by atoms with Gasteiger partial charge in [0.15, 0.2) is 10.9 Å². The van der Waals surface area contributed by atoms with Gasteiger partial charge in [0.2, 0.25) is 0 Å². The number of alkyl halides is 3. The van der Waals surface area contributed by atoms with E-state index in [2.05, 4.69) is 4.98 Å². The maximum absolute atomic E-state index is 12.3. The van der Waals surface area contributed by atoms with Gasteiger partial charge in [0, 0.05) is 5.88 Å². The van der Waals surface area contributed by atoms with E-state index < -0.39 is 12.1 Å². The Morgan fingerprint density at radius 3 is 2.62 bits per heavy atom. The molecule has 0 bridgehead atoms. The molecule has 72 valence electrons. The minimum Gasteiger partial charge on any atom is -0.505 e. The number of nitrogens with zero attached hydrogens (tertiary/aromatic N) is 1. The second kappa shape index (κ2) is 4.07. The van der Waals surface area contributed by atoms with Gasteiger partial charge in [0.25, 0.3) is 6.43 Å². The van der Waals surface area contributed by atoms with E-state index in [0.29, 0.717) is 0 Å². The lowest BCUT2D eigenvalue weighted by molar-refractivity contribution is 0.145. The first-order chi connectivity index (χ1) is 6.06. The predicted molar refractivity (Wildman–Crippen MR) is 45.4 cm³/mol. The predicted octanol–water partition coefficient (Wildman–Crippen LogP) is 3.12. The quantitative estimate of drug-likeness (QED) is 0.623. The molecule has 0 aliphatic rings. The summed E-state index contributed by atoms with van der Waals surface area (Å²) in [6.45, 7) is 0. The topological polar surface area (TPSA) is 33.1 Å². The fraction of sp³-hybridized carbons (Fsp3) is 0.286. The minimum atomic E-state index is -2.74. The molecule has 0 unspecified atom stereocenters. The van der Waals surface area contributed by atoms with Gasteiger partial charge >= 0.3 is 0 Å².